The minimum absolute atomic E-state index is 0.0468. The van der Waals surface area contributed by atoms with E-state index in [0.29, 0.717) is 12.6 Å². The Bertz CT molecular complexity index is 311. The average molecular weight is 275 g/mol. The molecule has 18 heavy (non-hydrogen) atoms. The molecule has 0 heterocycles. The van der Waals surface area contributed by atoms with Gasteiger partial charge in [-0.3, -0.25) is 9.59 Å². The highest BCUT2D eigenvalue weighted by Crippen LogP contribution is 1.95. The highest BCUT2D eigenvalue weighted by atomic mass is 32.1. The van der Waals surface area contributed by atoms with Gasteiger partial charge in [-0.1, -0.05) is 0 Å². The molecule has 0 aromatic rings. The summed E-state index contributed by atoms with van der Waals surface area (Å²) in [5.74, 6) is -0.770. The number of hydrogen-bond acceptors (Lipinski definition) is 6. The van der Waals surface area contributed by atoms with Crippen LogP contribution in [0.15, 0.2) is 0 Å². The van der Waals surface area contributed by atoms with E-state index < -0.39 is 23.9 Å². The van der Waals surface area contributed by atoms with E-state index in [1.165, 1.54) is 0 Å². The number of rotatable bonds is 9. The van der Waals surface area contributed by atoms with Crippen molar-refractivity contribution in [3.63, 3.8) is 0 Å². The number of nitrogens with one attached hydrogen (secondary N) is 2. The van der Waals surface area contributed by atoms with Gasteiger partial charge < -0.3 is 26.0 Å². The molecule has 0 radical (unpaired) electrons. The van der Waals surface area contributed by atoms with Crippen LogP contribution in [0.4, 0.5) is 0 Å². The zero-order chi connectivity index (χ0) is 14.0. The number of thiol groups is 1. The van der Waals surface area contributed by atoms with Crippen molar-refractivity contribution >= 4 is 37.0 Å². The lowest BCUT2D eigenvalue weighted by Crippen LogP contribution is -2.48. The van der Waals surface area contributed by atoms with Gasteiger partial charge in [0.15, 0.2) is 0 Å². The number of nitrogens with two attached hydrogens (primary N) is 1. The standard InChI is InChI=1S/C10H17N3O4S/c11-7(5-15)1-2-9(16)13-8(6-18)10(17)12-3-4-14/h4-5,7-8,18H,1-3,6,11H2,(H,12,17)(H,13,16)/t7-,8-/m1/s1. The number of amides is 2. The molecule has 0 bridgehead atoms. The Hall–Kier alpha value is -1.41. The third-order valence-electron chi connectivity index (χ3n) is 2.07. The minimum atomic E-state index is -0.812. The average Bonchev–Trinajstić information content (AvgIpc) is 2.39. The molecular weight excluding hydrogens is 258 g/mol. The second-order valence-electron chi connectivity index (χ2n) is 3.55. The van der Waals surface area contributed by atoms with Crippen molar-refractivity contribution in [2.24, 2.45) is 5.73 Å². The zero-order valence-corrected chi connectivity index (χ0v) is 10.7. The first-order valence-electron chi connectivity index (χ1n) is 5.37. The van der Waals surface area contributed by atoms with E-state index in [1.54, 1.807) is 0 Å². The van der Waals surface area contributed by atoms with Gasteiger partial charge in [0.25, 0.3) is 0 Å². The lowest BCUT2D eigenvalue weighted by molar-refractivity contribution is -0.128. The van der Waals surface area contributed by atoms with E-state index in [1.807, 2.05) is 0 Å². The van der Waals surface area contributed by atoms with Crippen LogP contribution in [0.3, 0.4) is 0 Å². The molecule has 0 saturated heterocycles. The maximum absolute atomic E-state index is 11.4. The van der Waals surface area contributed by atoms with Gasteiger partial charge >= 0.3 is 0 Å². The Balaban J connectivity index is 4.10. The van der Waals surface area contributed by atoms with Gasteiger partial charge in [-0.25, -0.2) is 0 Å². The van der Waals surface area contributed by atoms with Crippen molar-refractivity contribution in [2.75, 3.05) is 12.3 Å². The molecule has 0 aliphatic heterocycles. The third-order valence-corrected chi connectivity index (χ3v) is 2.44. The molecule has 0 saturated carbocycles. The largest absolute Gasteiger partial charge is 0.348 e. The fourth-order valence-electron chi connectivity index (χ4n) is 1.09. The highest BCUT2D eigenvalue weighted by Gasteiger charge is 2.18. The van der Waals surface area contributed by atoms with Crippen LogP contribution < -0.4 is 16.4 Å². The SMILES string of the molecule is N[C@@H](C=O)CCC(=O)N[C@H](CS)C(=O)NCC=O. The predicted octanol–water partition coefficient (Wildman–Crippen LogP) is -1.98. The van der Waals surface area contributed by atoms with Crippen molar-refractivity contribution in [2.45, 2.75) is 24.9 Å². The Morgan fingerprint density at radius 3 is 2.50 bits per heavy atom. The van der Waals surface area contributed by atoms with E-state index in [0.717, 1.165) is 0 Å². The van der Waals surface area contributed by atoms with Gasteiger partial charge in [-0.2, -0.15) is 12.6 Å². The van der Waals surface area contributed by atoms with Crippen LogP contribution in [-0.2, 0) is 19.2 Å². The fraction of sp³-hybridized carbons (Fsp3) is 0.600. The molecule has 2 atom stereocenters. The molecule has 0 spiro atoms. The van der Waals surface area contributed by atoms with Gasteiger partial charge in [0.1, 0.15) is 18.6 Å². The van der Waals surface area contributed by atoms with Crippen molar-refractivity contribution in [3.8, 4) is 0 Å². The second kappa shape index (κ2) is 9.60. The van der Waals surface area contributed by atoms with Crippen LogP contribution in [0.1, 0.15) is 12.8 Å². The highest BCUT2D eigenvalue weighted by molar-refractivity contribution is 7.80. The van der Waals surface area contributed by atoms with Crippen LogP contribution in [0.5, 0.6) is 0 Å². The van der Waals surface area contributed by atoms with Crippen molar-refractivity contribution < 1.29 is 19.2 Å². The lowest BCUT2D eigenvalue weighted by atomic mass is 10.2. The predicted molar refractivity (Wildman–Crippen MR) is 68.1 cm³/mol. The first-order chi connectivity index (χ1) is 8.54. The van der Waals surface area contributed by atoms with Crippen LogP contribution in [0, 0.1) is 0 Å². The maximum atomic E-state index is 11.4. The summed E-state index contributed by atoms with van der Waals surface area (Å²) in [7, 11) is 0. The molecule has 102 valence electrons. The van der Waals surface area contributed by atoms with Crippen molar-refractivity contribution in [1.82, 2.24) is 10.6 Å². The minimum Gasteiger partial charge on any atom is -0.348 e. The van der Waals surface area contributed by atoms with Crippen molar-refractivity contribution in [3.05, 3.63) is 0 Å². The smallest absolute Gasteiger partial charge is 0.243 e. The molecule has 0 unspecified atom stereocenters. The summed E-state index contributed by atoms with van der Waals surface area (Å²) >= 11 is 3.93. The normalized spacial score (nSPS) is 13.2. The van der Waals surface area contributed by atoms with Gasteiger partial charge in [-0.15, -0.1) is 0 Å². The van der Waals surface area contributed by atoms with E-state index >= 15 is 0 Å². The molecule has 0 aliphatic carbocycles. The quantitative estimate of drug-likeness (QED) is 0.287. The first kappa shape index (κ1) is 16.6. The maximum Gasteiger partial charge on any atom is 0.243 e. The number of carbonyl (C=O) groups excluding carboxylic acids is 4. The third kappa shape index (κ3) is 7.02. The number of aldehydes is 2. The molecular formula is C10H17N3O4S. The summed E-state index contributed by atoms with van der Waals surface area (Å²) < 4.78 is 0. The number of carbonyl (C=O) groups is 4. The van der Waals surface area contributed by atoms with E-state index in [-0.39, 0.29) is 25.1 Å². The van der Waals surface area contributed by atoms with E-state index in [4.69, 9.17) is 5.73 Å². The Labute approximate surface area is 110 Å². The first-order valence-corrected chi connectivity index (χ1v) is 6.00. The molecule has 0 rings (SSSR count). The summed E-state index contributed by atoms with van der Waals surface area (Å²) in [6, 6.07) is -1.50. The topological polar surface area (TPSA) is 118 Å². The summed E-state index contributed by atoms with van der Waals surface area (Å²) in [6.07, 6.45) is 1.36. The summed E-state index contributed by atoms with van der Waals surface area (Å²) in [5.41, 5.74) is 5.33. The molecule has 2 amide bonds. The van der Waals surface area contributed by atoms with Crippen LogP contribution >= 0.6 is 12.6 Å². The summed E-state index contributed by atoms with van der Waals surface area (Å²) in [5, 5.41) is 4.75. The molecule has 7 nitrogen and oxygen atoms in total. The van der Waals surface area contributed by atoms with Crippen LogP contribution in [0.25, 0.3) is 0 Å². The van der Waals surface area contributed by atoms with Gasteiger partial charge in [0, 0.05) is 12.2 Å². The molecule has 0 aromatic heterocycles. The molecule has 0 aromatic carbocycles. The Morgan fingerprint density at radius 1 is 1.33 bits per heavy atom. The molecule has 4 N–H and O–H groups in total. The van der Waals surface area contributed by atoms with Crippen LogP contribution in [-0.4, -0.2) is 48.8 Å². The molecule has 8 heteroatoms. The van der Waals surface area contributed by atoms with E-state index in [9.17, 15) is 19.2 Å². The molecule has 0 aliphatic rings. The Morgan fingerprint density at radius 2 is 2.00 bits per heavy atom. The second-order valence-corrected chi connectivity index (χ2v) is 3.92. The Kier molecular flexibility index (Phi) is 8.85. The van der Waals surface area contributed by atoms with Crippen LogP contribution in [0.2, 0.25) is 0 Å². The summed E-state index contributed by atoms with van der Waals surface area (Å²) in [6.45, 7) is -0.116. The van der Waals surface area contributed by atoms with Crippen molar-refractivity contribution in [1.29, 1.82) is 0 Å². The van der Waals surface area contributed by atoms with Gasteiger partial charge in [0.05, 0.1) is 12.6 Å². The number of hydrogen-bond donors (Lipinski definition) is 4. The van der Waals surface area contributed by atoms with Gasteiger partial charge in [-0.05, 0) is 6.42 Å². The monoisotopic (exact) mass is 275 g/mol. The summed E-state index contributed by atoms with van der Waals surface area (Å²) in [4.78, 5) is 43.2. The molecule has 0 fully saturated rings. The van der Waals surface area contributed by atoms with E-state index in [2.05, 4.69) is 23.3 Å². The fourth-order valence-corrected chi connectivity index (χ4v) is 1.35. The zero-order valence-electron chi connectivity index (χ0n) is 9.80. The lowest BCUT2D eigenvalue weighted by Gasteiger charge is -2.15. The van der Waals surface area contributed by atoms with Gasteiger partial charge in [0.2, 0.25) is 11.8 Å².